The summed E-state index contributed by atoms with van der Waals surface area (Å²) in [6, 6.07) is 2.49. The van der Waals surface area contributed by atoms with Crippen molar-refractivity contribution in [3.63, 3.8) is 0 Å². The number of fused-ring (bicyclic) bond motifs is 3. The van der Waals surface area contributed by atoms with Crippen LogP contribution in [0.3, 0.4) is 0 Å². The van der Waals surface area contributed by atoms with Gasteiger partial charge in [0.05, 0.1) is 5.02 Å². The van der Waals surface area contributed by atoms with Gasteiger partial charge in [0, 0.05) is 35.3 Å². The number of halogens is 3. The summed E-state index contributed by atoms with van der Waals surface area (Å²) in [5.74, 6) is -1.03. The van der Waals surface area contributed by atoms with Gasteiger partial charge in [0.2, 0.25) is 0 Å². The van der Waals surface area contributed by atoms with E-state index < -0.39 is 17.0 Å². The number of imidazole rings is 1. The molecule has 1 aromatic carbocycles. The molecule has 1 fully saturated rings. The minimum absolute atomic E-state index is 0.0295. The molecule has 2 atom stereocenters. The summed E-state index contributed by atoms with van der Waals surface area (Å²) in [6.45, 7) is 0.517. The number of H-pyrrole nitrogens is 1. The van der Waals surface area contributed by atoms with Crippen molar-refractivity contribution in [2.24, 2.45) is 0 Å². The number of nitrogens with one attached hydrogen (secondary N) is 1. The van der Waals surface area contributed by atoms with Crippen LogP contribution >= 0.6 is 23.8 Å². The summed E-state index contributed by atoms with van der Waals surface area (Å²) in [5, 5.41) is -0.0295. The molecule has 2 aliphatic rings. The zero-order chi connectivity index (χ0) is 13.4. The molecular formula is C13H9ClF2N2S. The molecule has 98 valence electrons. The maximum Gasteiger partial charge on any atom is 0.177 e. The number of hydrogen-bond donors (Lipinski definition) is 1. The number of hydrogen-bond acceptors (Lipinski definition) is 1. The summed E-state index contributed by atoms with van der Waals surface area (Å²) in [6.07, 6.45) is 2.58. The van der Waals surface area contributed by atoms with E-state index in [0.717, 1.165) is 12.1 Å². The van der Waals surface area contributed by atoms with Crippen LogP contribution in [0.4, 0.5) is 8.78 Å². The smallest absolute Gasteiger partial charge is 0.177 e. The minimum atomic E-state index is -0.634. The van der Waals surface area contributed by atoms with Gasteiger partial charge in [-0.1, -0.05) is 11.6 Å². The lowest BCUT2D eigenvalue weighted by atomic mass is 9.93. The number of aromatic nitrogens is 2. The molecule has 0 amide bonds. The Morgan fingerprint density at radius 1 is 1.42 bits per heavy atom. The van der Waals surface area contributed by atoms with Gasteiger partial charge in [-0.3, -0.25) is 0 Å². The average molecular weight is 299 g/mol. The van der Waals surface area contributed by atoms with Crippen molar-refractivity contribution in [1.29, 1.82) is 0 Å². The number of benzene rings is 1. The van der Waals surface area contributed by atoms with Crippen molar-refractivity contribution in [1.82, 2.24) is 9.55 Å². The quantitative estimate of drug-likeness (QED) is 0.625. The van der Waals surface area contributed by atoms with E-state index in [9.17, 15) is 8.78 Å². The van der Waals surface area contributed by atoms with Gasteiger partial charge in [0.1, 0.15) is 11.6 Å². The molecule has 1 aliphatic heterocycles. The van der Waals surface area contributed by atoms with E-state index in [1.54, 1.807) is 0 Å². The number of aromatic amines is 1. The Morgan fingerprint density at radius 3 is 2.95 bits per heavy atom. The summed E-state index contributed by atoms with van der Waals surface area (Å²) in [5.41, 5.74) is 0.642. The second-order valence-electron chi connectivity index (χ2n) is 5.24. The van der Waals surface area contributed by atoms with Crippen molar-refractivity contribution >= 4 is 23.8 Å². The van der Waals surface area contributed by atoms with Gasteiger partial charge >= 0.3 is 0 Å². The van der Waals surface area contributed by atoms with Crippen molar-refractivity contribution in [3.05, 3.63) is 51.0 Å². The summed E-state index contributed by atoms with van der Waals surface area (Å²) in [7, 11) is 0. The van der Waals surface area contributed by atoms with Crippen molar-refractivity contribution < 1.29 is 8.78 Å². The first-order chi connectivity index (χ1) is 9.04. The lowest BCUT2D eigenvalue weighted by Crippen LogP contribution is -2.17. The highest BCUT2D eigenvalue weighted by Crippen LogP contribution is 2.66. The molecule has 1 aliphatic carbocycles. The maximum absolute atomic E-state index is 14.2. The molecule has 1 saturated carbocycles. The van der Waals surface area contributed by atoms with Crippen LogP contribution in [0, 0.1) is 16.4 Å². The molecule has 2 heterocycles. The molecule has 0 unspecified atom stereocenters. The van der Waals surface area contributed by atoms with E-state index in [0.29, 0.717) is 11.3 Å². The standard InChI is InChI=1S/C13H9ClF2N2S/c14-7-1-2-8(15)10(11(7)16)13-3-6(13)9-4-17-12(19)18(9)5-13/h1-2,4,6H,3,5H2,(H,17,19)/t6-,13-/m0/s1. The molecule has 1 N–H and O–H groups in total. The highest BCUT2D eigenvalue weighted by Gasteiger charge is 2.63. The molecule has 6 heteroatoms. The van der Waals surface area contributed by atoms with Gasteiger partial charge in [-0.15, -0.1) is 0 Å². The topological polar surface area (TPSA) is 20.7 Å². The van der Waals surface area contributed by atoms with E-state index in [1.165, 1.54) is 12.1 Å². The molecule has 0 bridgehead atoms. The van der Waals surface area contributed by atoms with E-state index in [2.05, 4.69) is 4.98 Å². The van der Waals surface area contributed by atoms with Crippen LogP contribution in [0.15, 0.2) is 18.3 Å². The first-order valence-electron chi connectivity index (χ1n) is 5.97. The lowest BCUT2D eigenvalue weighted by molar-refractivity contribution is 0.487. The molecule has 0 radical (unpaired) electrons. The van der Waals surface area contributed by atoms with Crippen LogP contribution in [-0.2, 0) is 12.0 Å². The zero-order valence-corrected chi connectivity index (χ0v) is 11.3. The summed E-state index contributed by atoms with van der Waals surface area (Å²) >= 11 is 11.0. The van der Waals surface area contributed by atoms with E-state index in [4.69, 9.17) is 23.8 Å². The lowest BCUT2D eigenvalue weighted by Gasteiger charge is -2.16. The van der Waals surface area contributed by atoms with E-state index in [1.807, 2.05) is 10.8 Å². The molecule has 0 saturated heterocycles. The third-order valence-corrected chi connectivity index (χ3v) is 4.94. The predicted molar refractivity (Wildman–Crippen MR) is 70.0 cm³/mol. The third-order valence-electron chi connectivity index (χ3n) is 4.31. The van der Waals surface area contributed by atoms with Crippen molar-refractivity contribution in [2.45, 2.75) is 24.3 Å². The Bertz CT molecular complexity index is 766. The van der Waals surface area contributed by atoms with Crippen LogP contribution in [0.5, 0.6) is 0 Å². The van der Waals surface area contributed by atoms with Crippen LogP contribution in [0.25, 0.3) is 0 Å². The molecule has 2 nitrogen and oxygen atoms in total. The fourth-order valence-corrected chi connectivity index (χ4v) is 3.74. The van der Waals surface area contributed by atoms with Gasteiger partial charge < -0.3 is 9.55 Å². The second-order valence-corrected chi connectivity index (χ2v) is 6.03. The van der Waals surface area contributed by atoms with Gasteiger partial charge in [-0.05, 0) is 30.8 Å². The fraction of sp³-hybridized carbons (Fsp3) is 0.308. The Morgan fingerprint density at radius 2 is 2.21 bits per heavy atom. The zero-order valence-electron chi connectivity index (χ0n) is 9.71. The van der Waals surface area contributed by atoms with Crippen molar-refractivity contribution in [3.8, 4) is 0 Å². The molecule has 19 heavy (non-hydrogen) atoms. The van der Waals surface area contributed by atoms with E-state index in [-0.39, 0.29) is 16.5 Å². The highest BCUT2D eigenvalue weighted by atomic mass is 35.5. The van der Waals surface area contributed by atoms with Crippen LogP contribution < -0.4 is 0 Å². The van der Waals surface area contributed by atoms with Gasteiger partial charge in [-0.2, -0.15) is 0 Å². The maximum atomic E-state index is 14.2. The summed E-state index contributed by atoms with van der Waals surface area (Å²) in [4.78, 5) is 2.97. The monoisotopic (exact) mass is 298 g/mol. The van der Waals surface area contributed by atoms with Gasteiger partial charge in [-0.25, -0.2) is 8.78 Å². The predicted octanol–water partition coefficient (Wildman–Crippen LogP) is 3.92. The first-order valence-corrected chi connectivity index (χ1v) is 6.75. The molecule has 4 rings (SSSR count). The SMILES string of the molecule is Fc1ccc(Cl)c(F)c1[C@]12C[C@H]1c1c[nH]c(=S)n1C2. The van der Waals surface area contributed by atoms with Gasteiger partial charge in [0.25, 0.3) is 0 Å². The Balaban J connectivity index is 1.90. The highest BCUT2D eigenvalue weighted by molar-refractivity contribution is 7.71. The Kier molecular flexibility index (Phi) is 2.12. The Labute approximate surface area is 118 Å². The van der Waals surface area contributed by atoms with Crippen molar-refractivity contribution in [2.75, 3.05) is 0 Å². The summed E-state index contributed by atoms with van der Waals surface area (Å²) < 4.78 is 30.8. The normalized spacial score (nSPS) is 27.2. The Hall–Kier alpha value is -1.20. The molecule has 2 aromatic rings. The molecule has 1 aromatic heterocycles. The largest absolute Gasteiger partial charge is 0.337 e. The number of rotatable bonds is 1. The van der Waals surface area contributed by atoms with Gasteiger partial charge in [0.15, 0.2) is 4.77 Å². The fourth-order valence-electron chi connectivity index (χ4n) is 3.35. The second kappa shape index (κ2) is 3.46. The van der Waals surface area contributed by atoms with Crippen LogP contribution in [0.1, 0.15) is 23.6 Å². The average Bonchev–Trinajstić information content (AvgIpc) is 2.83. The molecule has 0 spiro atoms. The third kappa shape index (κ3) is 1.32. The van der Waals surface area contributed by atoms with Crippen LogP contribution in [0.2, 0.25) is 5.02 Å². The molecular weight excluding hydrogens is 290 g/mol. The first kappa shape index (κ1) is 11.6. The van der Waals surface area contributed by atoms with Crippen LogP contribution in [-0.4, -0.2) is 9.55 Å². The number of nitrogens with zero attached hydrogens (tertiary/aromatic N) is 1. The van der Waals surface area contributed by atoms with E-state index >= 15 is 0 Å². The minimum Gasteiger partial charge on any atom is -0.337 e.